The van der Waals surface area contributed by atoms with Gasteiger partial charge in [-0.1, -0.05) is 5.92 Å². The number of carbonyl (C=O) groups is 1. The Balaban J connectivity index is 2.57. The fourth-order valence-electron chi connectivity index (χ4n) is 0.668. The number of hydrogen-bond donors (Lipinski definition) is 0. The summed E-state index contributed by atoms with van der Waals surface area (Å²) in [6.45, 7) is 0. The van der Waals surface area contributed by atoms with Gasteiger partial charge in [0.15, 0.2) is 0 Å². The third-order valence-electron chi connectivity index (χ3n) is 1.19. The Hall–Kier alpha value is 0.110. The summed E-state index contributed by atoms with van der Waals surface area (Å²) in [6.07, 6.45) is 5.15. The van der Waals surface area contributed by atoms with Gasteiger partial charge in [0.2, 0.25) is 5.91 Å². The molecule has 0 aliphatic carbocycles. The van der Waals surface area contributed by atoms with Crippen molar-refractivity contribution in [3.63, 3.8) is 0 Å². The van der Waals surface area contributed by atoms with Crippen LogP contribution in [0, 0.1) is 12.3 Å². The number of carbonyl (C=O) groups excluding carboxylic acids is 1. The second-order valence-electron chi connectivity index (χ2n) is 1.84. The van der Waals surface area contributed by atoms with E-state index in [1.807, 2.05) is 0 Å². The fraction of sp³-hybridized carbons (Fsp3) is 0.500. The van der Waals surface area contributed by atoms with Crippen LogP contribution in [-0.4, -0.2) is 26.5 Å². The topological polar surface area (TPSA) is 20.3 Å². The molecule has 4 heteroatoms. The molecule has 1 atom stereocenters. The maximum Gasteiger partial charge on any atom is 0.234 e. The standard InChI is InChI=1S/C6H6INOS/c1-2-5(7)8-4-10-3-6(8)9/h1,5H,3-4H2. The van der Waals surface area contributed by atoms with Gasteiger partial charge in [0.1, 0.15) is 4.05 Å². The van der Waals surface area contributed by atoms with Gasteiger partial charge in [0, 0.05) is 0 Å². The lowest BCUT2D eigenvalue weighted by Crippen LogP contribution is -2.31. The fourth-order valence-corrected chi connectivity index (χ4v) is 2.36. The van der Waals surface area contributed by atoms with E-state index in [2.05, 4.69) is 28.5 Å². The highest BCUT2D eigenvalue weighted by Crippen LogP contribution is 2.20. The predicted molar refractivity (Wildman–Crippen MR) is 50.8 cm³/mol. The smallest absolute Gasteiger partial charge is 0.234 e. The van der Waals surface area contributed by atoms with E-state index in [0.29, 0.717) is 5.75 Å². The molecule has 1 amide bonds. The molecule has 0 N–H and O–H groups in total. The molecule has 0 aromatic heterocycles. The maximum atomic E-state index is 11.0. The summed E-state index contributed by atoms with van der Waals surface area (Å²) >= 11 is 3.69. The van der Waals surface area contributed by atoms with E-state index in [1.54, 1.807) is 16.7 Å². The molecule has 2 nitrogen and oxygen atoms in total. The average molecular weight is 267 g/mol. The molecule has 1 heterocycles. The van der Waals surface area contributed by atoms with E-state index in [1.165, 1.54) is 0 Å². The molecule has 0 aromatic carbocycles. The minimum atomic E-state index is -0.0694. The van der Waals surface area contributed by atoms with Crippen molar-refractivity contribution in [2.24, 2.45) is 0 Å². The van der Waals surface area contributed by atoms with Gasteiger partial charge in [-0.15, -0.1) is 18.2 Å². The molecule has 1 saturated heterocycles. The van der Waals surface area contributed by atoms with E-state index in [4.69, 9.17) is 6.42 Å². The molecule has 0 spiro atoms. The van der Waals surface area contributed by atoms with Crippen molar-refractivity contribution in [3.05, 3.63) is 0 Å². The first-order chi connectivity index (χ1) is 4.75. The minimum absolute atomic E-state index is 0.0694. The van der Waals surface area contributed by atoms with Gasteiger partial charge < -0.3 is 4.90 Å². The van der Waals surface area contributed by atoms with Crippen LogP contribution >= 0.6 is 34.4 Å². The molecule has 1 fully saturated rings. The summed E-state index contributed by atoms with van der Waals surface area (Å²) in [4.78, 5) is 12.7. The Kier molecular flexibility index (Phi) is 2.86. The van der Waals surface area contributed by atoms with Crippen LogP contribution in [0.2, 0.25) is 0 Å². The lowest BCUT2D eigenvalue weighted by Gasteiger charge is -2.15. The molecule has 10 heavy (non-hydrogen) atoms. The van der Waals surface area contributed by atoms with E-state index in [0.717, 1.165) is 5.88 Å². The first-order valence-corrected chi connectivity index (χ1v) is 5.13. The normalized spacial score (nSPS) is 20.8. The number of rotatable bonds is 1. The lowest BCUT2D eigenvalue weighted by molar-refractivity contribution is -0.126. The van der Waals surface area contributed by atoms with E-state index in [-0.39, 0.29) is 9.96 Å². The summed E-state index contributed by atoms with van der Waals surface area (Å²) < 4.78 is -0.0694. The van der Waals surface area contributed by atoms with Crippen molar-refractivity contribution in [1.82, 2.24) is 4.90 Å². The van der Waals surface area contributed by atoms with Crippen molar-refractivity contribution in [1.29, 1.82) is 0 Å². The molecule has 1 aliphatic rings. The SMILES string of the molecule is C#CC(I)N1CSCC1=O. The number of terminal acetylenes is 1. The van der Waals surface area contributed by atoms with Crippen molar-refractivity contribution in [2.45, 2.75) is 4.05 Å². The highest BCUT2D eigenvalue weighted by Gasteiger charge is 2.24. The minimum Gasteiger partial charge on any atom is -0.310 e. The van der Waals surface area contributed by atoms with Crippen LogP contribution in [0.3, 0.4) is 0 Å². The summed E-state index contributed by atoms with van der Waals surface area (Å²) in [5.41, 5.74) is 0. The van der Waals surface area contributed by atoms with Crippen molar-refractivity contribution >= 4 is 40.3 Å². The second kappa shape index (κ2) is 3.49. The Bertz CT molecular complexity index is 189. The molecule has 0 aromatic rings. The molecule has 1 aliphatic heterocycles. The van der Waals surface area contributed by atoms with E-state index in [9.17, 15) is 4.79 Å². The van der Waals surface area contributed by atoms with Gasteiger partial charge >= 0.3 is 0 Å². The van der Waals surface area contributed by atoms with E-state index < -0.39 is 0 Å². The molecule has 0 radical (unpaired) electrons. The zero-order valence-corrected chi connectivity index (χ0v) is 8.18. The van der Waals surface area contributed by atoms with Crippen LogP contribution in [0.25, 0.3) is 0 Å². The summed E-state index contributed by atoms with van der Waals surface area (Å²) in [5.74, 6) is 4.00. The van der Waals surface area contributed by atoms with Crippen LogP contribution in [0.4, 0.5) is 0 Å². The number of alkyl halides is 1. The highest BCUT2D eigenvalue weighted by molar-refractivity contribution is 14.1. The molecule has 1 unspecified atom stereocenters. The predicted octanol–water partition coefficient (Wildman–Crippen LogP) is 0.914. The van der Waals surface area contributed by atoms with Crippen molar-refractivity contribution in [3.8, 4) is 12.3 Å². The van der Waals surface area contributed by atoms with E-state index >= 15 is 0 Å². The number of hydrogen-bond acceptors (Lipinski definition) is 2. The third kappa shape index (κ3) is 1.58. The molecular weight excluding hydrogens is 261 g/mol. The summed E-state index contributed by atoms with van der Waals surface area (Å²) in [5, 5.41) is 0. The number of amides is 1. The molecule has 54 valence electrons. The van der Waals surface area contributed by atoms with Gasteiger partial charge in [0.05, 0.1) is 11.6 Å². The van der Waals surface area contributed by atoms with Crippen LogP contribution in [0.15, 0.2) is 0 Å². The van der Waals surface area contributed by atoms with Crippen LogP contribution in [0.5, 0.6) is 0 Å². The van der Waals surface area contributed by atoms with Crippen molar-refractivity contribution < 1.29 is 4.79 Å². The van der Waals surface area contributed by atoms with Gasteiger partial charge in [0.25, 0.3) is 0 Å². The van der Waals surface area contributed by atoms with Crippen molar-refractivity contribution in [2.75, 3.05) is 11.6 Å². The Morgan fingerprint density at radius 1 is 1.90 bits per heavy atom. The summed E-state index contributed by atoms with van der Waals surface area (Å²) in [6, 6.07) is 0. The lowest BCUT2D eigenvalue weighted by atomic mass is 10.5. The van der Waals surface area contributed by atoms with Gasteiger partial charge in [-0.2, -0.15) is 0 Å². The third-order valence-corrected chi connectivity index (χ3v) is 3.13. The Morgan fingerprint density at radius 3 is 3.00 bits per heavy atom. The molecular formula is C6H6INOS. The Morgan fingerprint density at radius 2 is 2.60 bits per heavy atom. The Labute approximate surface area is 77.9 Å². The molecule has 0 saturated carbocycles. The van der Waals surface area contributed by atoms with Gasteiger partial charge in [-0.25, -0.2) is 0 Å². The first kappa shape index (κ1) is 8.21. The number of nitrogens with zero attached hydrogens (tertiary/aromatic N) is 1. The largest absolute Gasteiger partial charge is 0.310 e. The van der Waals surface area contributed by atoms with Crippen LogP contribution in [0.1, 0.15) is 0 Å². The zero-order valence-electron chi connectivity index (χ0n) is 5.21. The zero-order chi connectivity index (χ0) is 7.56. The van der Waals surface area contributed by atoms with Crippen LogP contribution in [-0.2, 0) is 4.79 Å². The number of halogens is 1. The first-order valence-electron chi connectivity index (χ1n) is 2.73. The monoisotopic (exact) mass is 267 g/mol. The second-order valence-corrected chi connectivity index (χ2v) is 3.98. The molecule has 1 rings (SSSR count). The number of thioether (sulfide) groups is 1. The maximum absolute atomic E-state index is 11.0. The quantitative estimate of drug-likeness (QED) is 0.305. The molecule has 0 bridgehead atoms. The highest BCUT2D eigenvalue weighted by atomic mass is 127. The van der Waals surface area contributed by atoms with Gasteiger partial charge in [-0.3, -0.25) is 4.79 Å². The average Bonchev–Trinajstić information content (AvgIpc) is 2.34. The van der Waals surface area contributed by atoms with Crippen LogP contribution < -0.4 is 0 Å². The summed E-state index contributed by atoms with van der Waals surface area (Å²) in [7, 11) is 0. The van der Waals surface area contributed by atoms with Gasteiger partial charge in [-0.05, 0) is 22.6 Å².